The molecular weight excluding hydrogens is 220 g/mol. The highest BCUT2D eigenvalue weighted by molar-refractivity contribution is 5.12. The van der Waals surface area contributed by atoms with Gasteiger partial charge in [0.15, 0.2) is 0 Å². The summed E-state index contributed by atoms with van der Waals surface area (Å²) in [5.41, 5.74) is 0.459. The molecule has 0 aromatic carbocycles. The Morgan fingerprint density at radius 3 is 2.00 bits per heavy atom. The molecule has 3 fully saturated rings. The van der Waals surface area contributed by atoms with E-state index in [0.717, 1.165) is 12.8 Å². The zero-order valence-corrected chi connectivity index (χ0v) is 11.5. The summed E-state index contributed by atoms with van der Waals surface area (Å²) in [6.45, 7) is 0. The second-order valence-corrected chi connectivity index (χ2v) is 7.03. The van der Waals surface area contributed by atoms with E-state index in [9.17, 15) is 5.26 Å². The van der Waals surface area contributed by atoms with Crippen LogP contribution >= 0.6 is 0 Å². The van der Waals surface area contributed by atoms with Crippen molar-refractivity contribution >= 4 is 0 Å². The third-order valence-corrected chi connectivity index (χ3v) is 5.88. The molecule has 2 heteroatoms. The first kappa shape index (κ1) is 12.5. The SMILES string of the molecule is N#CC1(NC2CCCC2)CCC2(CCCC2)CC1. The van der Waals surface area contributed by atoms with Crippen molar-refractivity contribution in [3.63, 3.8) is 0 Å². The molecule has 0 saturated heterocycles. The standard InChI is InChI=1S/C16H26N2/c17-13-16(18-14-5-1-2-6-14)11-9-15(10-12-16)7-3-4-8-15/h14,18H,1-12H2. The zero-order valence-electron chi connectivity index (χ0n) is 11.5. The molecule has 3 saturated carbocycles. The van der Waals surface area contributed by atoms with E-state index in [-0.39, 0.29) is 5.54 Å². The monoisotopic (exact) mass is 246 g/mol. The molecule has 0 bridgehead atoms. The molecule has 0 aromatic heterocycles. The molecule has 3 aliphatic carbocycles. The first-order valence-electron chi connectivity index (χ1n) is 7.95. The van der Waals surface area contributed by atoms with Gasteiger partial charge in [0.25, 0.3) is 0 Å². The van der Waals surface area contributed by atoms with Crippen LogP contribution in [0.1, 0.15) is 77.0 Å². The van der Waals surface area contributed by atoms with E-state index in [1.807, 2.05) is 0 Å². The number of hydrogen-bond acceptors (Lipinski definition) is 2. The van der Waals surface area contributed by atoms with Gasteiger partial charge in [-0.25, -0.2) is 0 Å². The van der Waals surface area contributed by atoms with Crippen LogP contribution in [0.4, 0.5) is 0 Å². The van der Waals surface area contributed by atoms with Gasteiger partial charge in [-0.05, 0) is 56.8 Å². The fraction of sp³-hybridized carbons (Fsp3) is 0.938. The van der Waals surface area contributed by atoms with Crippen molar-refractivity contribution < 1.29 is 0 Å². The van der Waals surface area contributed by atoms with Crippen LogP contribution in [0.25, 0.3) is 0 Å². The molecule has 0 amide bonds. The van der Waals surface area contributed by atoms with E-state index in [1.54, 1.807) is 0 Å². The van der Waals surface area contributed by atoms with Gasteiger partial charge in [-0.15, -0.1) is 0 Å². The van der Waals surface area contributed by atoms with Gasteiger partial charge in [0.2, 0.25) is 0 Å². The summed E-state index contributed by atoms with van der Waals surface area (Å²) >= 11 is 0. The summed E-state index contributed by atoms with van der Waals surface area (Å²) in [6, 6.07) is 3.27. The lowest BCUT2D eigenvalue weighted by molar-refractivity contribution is 0.132. The molecule has 2 nitrogen and oxygen atoms in total. The van der Waals surface area contributed by atoms with Gasteiger partial charge in [0, 0.05) is 6.04 Å². The van der Waals surface area contributed by atoms with Gasteiger partial charge in [-0.1, -0.05) is 25.7 Å². The predicted octanol–water partition coefficient (Wildman–Crippen LogP) is 3.92. The molecule has 100 valence electrons. The van der Waals surface area contributed by atoms with Crippen LogP contribution in [-0.4, -0.2) is 11.6 Å². The second-order valence-electron chi connectivity index (χ2n) is 7.03. The molecule has 18 heavy (non-hydrogen) atoms. The van der Waals surface area contributed by atoms with Crippen molar-refractivity contribution in [2.45, 2.75) is 88.6 Å². The van der Waals surface area contributed by atoms with E-state index >= 15 is 0 Å². The first-order valence-corrected chi connectivity index (χ1v) is 7.95. The van der Waals surface area contributed by atoms with E-state index in [0.29, 0.717) is 11.5 Å². The summed E-state index contributed by atoms with van der Waals surface area (Å²) in [6.07, 6.45) is 15.8. The quantitative estimate of drug-likeness (QED) is 0.801. The minimum Gasteiger partial charge on any atom is -0.297 e. The molecule has 0 aliphatic heterocycles. The maximum absolute atomic E-state index is 9.62. The lowest BCUT2D eigenvalue weighted by Crippen LogP contribution is -2.52. The van der Waals surface area contributed by atoms with Crippen molar-refractivity contribution in [2.75, 3.05) is 0 Å². The summed E-state index contributed by atoms with van der Waals surface area (Å²) in [4.78, 5) is 0. The Kier molecular flexibility index (Phi) is 3.36. The topological polar surface area (TPSA) is 35.8 Å². The maximum atomic E-state index is 9.62. The van der Waals surface area contributed by atoms with Gasteiger partial charge in [0.05, 0.1) is 6.07 Å². The van der Waals surface area contributed by atoms with Crippen LogP contribution in [-0.2, 0) is 0 Å². The fourth-order valence-electron chi connectivity index (χ4n) is 4.58. The molecule has 1 N–H and O–H groups in total. The van der Waals surface area contributed by atoms with Crippen LogP contribution in [0.2, 0.25) is 0 Å². The third kappa shape index (κ3) is 2.30. The lowest BCUT2D eigenvalue weighted by atomic mass is 9.66. The molecule has 3 aliphatic rings. The van der Waals surface area contributed by atoms with Crippen molar-refractivity contribution in [3.05, 3.63) is 0 Å². The highest BCUT2D eigenvalue weighted by Crippen LogP contribution is 2.51. The fourth-order valence-corrected chi connectivity index (χ4v) is 4.58. The maximum Gasteiger partial charge on any atom is 0.107 e. The van der Waals surface area contributed by atoms with Crippen molar-refractivity contribution in [3.8, 4) is 6.07 Å². The lowest BCUT2D eigenvalue weighted by Gasteiger charge is -2.43. The molecule has 0 aromatic rings. The number of rotatable bonds is 2. The molecular formula is C16H26N2. The van der Waals surface area contributed by atoms with Crippen LogP contribution in [0, 0.1) is 16.7 Å². The minimum absolute atomic E-state index is 0.178. The Balaban J connectivity index is 1.62. The number of nitrogens with zero attached hydrogens (tertiary/aromatic N) is 1. The van der Waals surface area contributed by atoms with E-state index < -0.39 is 0 Å². The normalized spacial score (nSPS) is 30.6. The van der Waals surface area contributed by atoms with Crippen LogP contribution in [0.3, 0.4) is 0 Å². The third-order valence-electron chi connectivity index (χ3n) is 5.88. The summed E-state index contributed by atoms with van der Waals surface area (Å²) in [5.74, 6) is 0. The summed E-state index contributed by atoms with van der Waals surface area (Å²) < 4.78 is 0. The number of nitriles is 1. The Morgan fingerprint density at radius 2 is 1.44 bits per heavy atom. The summed E-state index contributed by atoms with van der Waals surface area (Å²) in [5, 5.41) is 13.3. The average molecular weight is 246 g/mol. The molecule has 0 radical (unpaired) electrons. The van der Waals surface area contributed by atoms with Crippen LogP contribution < -0.4 is 5.32 Å². The van der Waals surface area contributed by atoms with E-state index in [2.05, 4.69) is 11.4 Å². The van der Waals surface area contributed by atoms with Gasteiger partial charge in [-0.2, -0.15) is 5.26 Å². The van der Waals surface area contributed by atoms with Gasteiger partial charge in [0.1, 0.15) is 5.54 Å². The van der Waals surface area contributed by atoms with Gasteiger partial charge >= 0.3 is 0 Å². The highest BCUT2D eigenvalue weighted by atomic mass is 15.0. The molecule has 1 spiro atoms. The van der Waals surface area contributed by atoms with E-state index in [4.69, 9.17) is 0 Å². The highest BCUT2D eigenvalue weighted by Gasteiger charge is 2.44. The average Bonchev–Trinajstić information content (AvgIpc) is 3.05. The van der Waals surface area contributed by atoms with Gasteiger partial charge in [-0.3, -0.25) is 5.32 Å². The van der Waals surface area contributed by atoms with E-state index in [1.165, 1.54) is 64.2 Å². The molecule has 0 atom stereocenters. The smallest absolute Gasteiger partial charge is 0.107 e. The van der Waals surface area contributed by atoms with Crippen LogP contribution in [0.5, 0.6) is 0 Å². The van der Waals surface area contributed by atoms with Gasteiger partial charge < -0.3 is 0 Å². The zero-order chi connectivity index (χ0) is 12.5. The first-order chi connectivity index (χ1) is 8.76. The van der Waals surface area contributed by atoms with Crippen molar-refractivity contribution in [1.82, 2.24) is 5.32 Å². The largest absolute Gasteiger partial charge is 0.297 e. The molecule has 3 rings (SSSR count). The van der Waals surface area contributed by atoms with Crippen molar-refractivity contribution in [2.24, 2.45) is 5.41 Å². The summed E-state index contributed by atoms with van der Waals surface area (Å²) in [7, 11) is 0. The number of nitrogens with one attached hydrogen (secondary N) is 1. The molecule has 0 unspecified atom stereocenters. The Hall–Kier alpha value is -0.550. The Bertz CT molecular complexity index is 319. The van der Waals surface area contributed by atoms with Crippen molar-refractivity contribution in [1.29, 1.82) is 5.26 Å². The predicted molar refractivity (Wildman–Crippen MR) is 73.1 cm³/mol. The van der Waals surface area contributed by atoms with Crippen LogP contribution in [0.15, 0.2) is 0 Å². The second kappa shape index (κ2) is 4.85. The Labute approximate surface area is 111 Å². The Morgan fingerprint density at radius 1 is 0.833 bits per heavy atom. The molecule has 0 heterocycles. The number of hydrogen-bond donors (Lipinski definition) is 1. The minimum atomic E-state index is -0.178.